The zero-order valence-corrected chi connectivity index (χ0v) is 8.64. The van der Waals surface area contributed by atoms with E-state index in [4.69, 9.17) is 23.2 Å². The van der Waals surface area contributed by atoms with Crippen LogP contribution in [0.2, 0.25) is 10.0 Å². The van der Waals surface area contributed by atoms with Gasteiger partial charge in [-0.3, -0.25) is 4.79 Å². The monoisotopic (exact) mass is 278 g/mol. The first-order valence-corrected chi connectivity index (χ1v) is 4.36. The molecular formula is C8HCl2F5O. The molecule has 0 aromatic heterocycles. The summed E-state index contributed by atoms with van der Waals surface area (Å²) in [7, 11) is 0. The Labute approximate surface area is 95.8 Å². The van der Waals surface area contributed by atoms with E-state index < -0.39 is 39.2 Å². The van der Waals surface area contributed by atoms with Crippen molar-refractivity contribution in [3.63, 3.8) is 0 Å². The number of benzene rings is 1. The van der Waals surface area contributed by atoms with Gasteiger partial charge in [-0.1, -0.05) is 23.2 Å². The van der Waals surface area contributed by atoms with Crippen molar-refractivity contribution in [1.29, 1.82) is 0 Å². The van der Waals surface area contributed by atoms with Crippen LogP contribution in [0, 0.1) is 11.6 Å². The van der Waals surface area contributed by atoms with E-state index in [9.17, 15) is 26.7 Å². The van der Waals surface area contributed by atoms with Crippen molar-refractivity contribution in [2.75, 3.05) is 0 Å². The summed E-state index contributed by atoms with van der Waals surface area (Å²) in [6, 6.07) is 0.244. The highest BCUT2D eigenvalue weighted by molar-refractivity contribution is 6.35. The van der Waals surface area contributed by atoms with E-state index >= 15 is 0 Å². The summed E-state index contributed by atoms with van der Waals surface area (Å²) in [5.41, 5.74) is -1.41. The Morgan fingerprint density at radius 1 is 1.12 bits per heavy atom. The molecule has 16 heavy (non-hydrogen) atoms. The third-order valence-corrected chi connectivity index (χ3v) is 2.21. The van der Waals surface area contributed by atoms with Crippen molar-refractivity contribution in [3.8, 4) is 0 Å². The van der Waals surface area contributed by atoms with Crippen LogP contribution in [-0.4, -0.2) is 12.0 Å². The van der Waals surface area contributed by atoms with Gasteiger partial charge < -0.3 is 0 Å². The van der Waals surface area contributed by atoms with Crippen molar-refractivity contribution >= 4 is 29.0 Å². The highest BCUT2D eigenvalue weighted by Gasteiger charge is 2.41. The number of rotatable bonds is 1. The van der Waals surface area contributed by atoms with Crippen molar-refractivity contribution in [3.05, 3.63) is 33.3 Å². The maximum atomic E-state index is 13.1. The molecule has 0 atom stereocenters. The molecule has 88 valence electrons. The summed E-state index contributed by atoms with van der Waals surface area (Å²) in [5, 5.41) is -2.11. The topological polar surface area (TPSA) is 17.1 Å². The molecule has 0 heterocycles. The average Bonchev–Trinajstić information content (AvgIpc) is 2.18. The molecule has 0 amide bonds. The lowest BCUT2D eigenvalue weighted by atomic mass is 10.1. The SMILES string of the molecule is O=C(c1cc(Cl)c(F)c(Cl)c1F)C(F)(F)F. The van der Waals surface area contributed by atoms with E-state index in [0.717, 1.165) is 0 Å². The third-order valence-electron chi connectivity index (χ3n) is 1.60. The van der Waals surface area contributed by atoms with Crippen LogP contribution in [0.4, 0.5) is 22.0 Å². The van der Waals surface area contributed by atoms with Crippen LogP contribution in [0.25, 0.3) is 0 Å². The van der Waals surface area contributed by atoms with Gasteiger partial charge in [0.05, 0.1) is 10.6 Å². The second kappa shape index (κ2) is 4.18. The number of Topliss-reactive ketones (excluding diaryl/α,β-unsaturated/α-hetero) is 1. The molecule has 0 aliphatic heterocycles. The maximum absolute atomic E-state index is 13.1. The highest BCUT2D eigenvalue weighted by atomic mass is 35.5. The molecule has 8 heteroatoms. The quantitative estimate of drug-likeness (QED) is 0.328. The summed E-state index contributed by atoms with van der Waals surface area (Å²) < 4.78 is 61.9. The number of carbonyl (C=O) groups is 1. The lowest BCUT2D eigenvalue weighted by Crippen LogP contribution is -2.24. The Hall–Kier alpha value is -0.880. The Bertz CT molecular complexity index is 455. The standard InChI is InChI=1S/C8HCl2F5O/c9-3-1-2(7(16)8(13,14)15)5(11)4(10)6(3)12/h1H. The molecule has 0 N–H and O–H groups in total. The fourth-order valence-corrected chi connectivity index (χ4v) is 1.35. The second-order valence-electron chi connectivity index (χ2n) is 2.67. The zero-order chi connectivity index (χ0) is 12.7. The lowest BCUT2D eigenvalue weighted by Gasteiger charge is -2.08. The molecule has 0 spiro atoms. The van der Waals surface area contributed by atoms with Crippen molar-refractivity contribution in [1.82, 2.24) is 0 Å². The summed E-state index contributed by atoms with van der Waals surface area (Å²) >= 11 is 10.2. The number of alkyl halides is 3. The van der Waals surface area contributed by atoms with Gasteiger partial charge in [-0.25, -0.2) is 8.78 Å². The predicted octanol–water partition coefficient (Wildman–Crippen LogP) is 4.02. The normalized spacial score (nSPS) is 11.7. The molecule has 0 saturated carbocycles. The van der Waals surface area contributed by atoms with Gasteiger partial charge in [-0.2, -0.15) is 13.2 Å². The molecule has 0 unspecified atom stereocenters. The van der Waals surface area contributed by atoms with E-state index in [2.05, 4.69) is 0 Å². The van der Waals surface area contributed by atoms with Crippen LogP contribution in [0.15, 0.2) is 6.07 Å². The van der Waals surface area contributed by atoms with E-state index in [1.165, 1.54) is 0 Å². The van der Waals surface area contributed by atoms with Gasteiger partial charge in [0.25, 0.3) is 5.78 Å². The molecule has 1 aromatic rings. The van der Waals surface area contributed by atoms with Gasteiger partial charge in [0.2, 0.25) is 0 Å². The smallest absolute Gasteiger partial charge is 0.284 e. The van der Waals surface area contributed by atoms with Gasteiger partial charge in [0.1, 0.15) is 5.02 Å². The molecular weight excluding hydrogens is 278 g/mol. The molecule has 0 fully saturated rings. The first kappa shape index (κ1) is 13.2. The minimum atomic E-state index is -5.29. The van der Waals surface area contributed by atoms with Gasteiger partial charge in [-0.05, 0) is 6.07 Å². The van der Waals surface area contributed by atoms with Gasteiger partial charge >= 0.3 is 6.18 Å². The molecule has 1 nitrogen and oxygen atoms in total. The first-order valence-electron chi connectivity index (χ1n) is 3.60. The van der Waals surface area contributed by atoms with Crippen LogP contribution < -0.4 is 0 Å². The lowest BCUT2D eigenvalue weighted by molar-refractivity contribution is -0.0887. The van der Waals surface area contributed by atoms with Crippen molar-refractivity contribution < 1.29 is 26.7 Å². The van der Waals surface area contributed by atoms with E-state index in [1.54, 1.807) is 0 Å². The second-order valence-corrected chi connectivity index (χ2v) is 3.46. The van der Waals surface area contributed by atoms with Crippen molar-refractivity contribution in [2.24, 2.45) is 0 Å². The van der Waals surface area contributed by atoms with Crippen molar-refractivity contribution in [2.45, 2.75) is 6.18 Å². The molecule has 0 bridgehead atoms. The number of carbonyl (C=O) groups excluding carboxylic acids is 1. The van der Waals surface area contributed by atoms with Crippen LogP contribution in [0.5, 0.6) is 0 Å². The Kier molecular flexibility index (Phi) is 3.44. The first-order chi connectivity index (χ1) is 7.16. The Morgan fingerprint density at radius 3 is 2.06 bits per heavy atom. The van der Waals surface area contributed by atoms with Gasteiger partial charge in [0.15, 0.2) is 11.6 Å². The fourth-order valence-electron chi connectivity index (χ4n) is 0.891. The van der Waals surface area contributed by atoms with E-state index in [0.29, 0.717) is 0 Å². The average molecular weight is 279 g/mol. The summed E-state index contributed by atoms with van der Waals surface area (Å²) in [6.07, 6.45) is -5.29. The maximum Gasteiger partial charge on any atom is 0.454 e. The summed E-state index contributed by atoms with van der Waals surface area (Å²) in [4.78, 5) is 10.7. The van der Waals surface area contributed by atoms with Crippen LogP contribution in [0.1, 0.15) is 10.4 Å². The van der Waals surface area contributed by atoms with Crippen LogP contribution in [-0.2, 0) is 0 Å². The predicted molar refractivity (Wildman–Crippen MR) is 46.8 cm³/mol. The highest BCUT2D eigenvalue weighted by Crippen LogP contribution is 2.32. The zero-order valence-electron chi connectivity index (χ0n) is 7.13. The van der Waals surface area contributed by atoms with Gasteiger partial charge in [0, 0.05) is 0 Å². The summed E-state index contributed by atoms with van der Waals surface area (Å²) in [5.74, 6) is -5.68. The third kappa shape index (κ3) is 2.27. The Morgan fingerprint density at radius 2 is 1.62 bits per heavy atom. The van der Waals surface area contributed by atoms with Crippen LogP contribution in [0.3, 0.4) is 0 Å². The minimum Gasteiger partial charge on any atom is -0.284 e. The molecule has 0 aliphatic carbocycles. The fraction of sp³-hybridized carbons (Fsp3) is 0.125. The minimum absolute atomic E-state index is 0.244. The molecule has 1 aromatic carbocycles. The molecule has 0 aliphatic rings. The number of hydrogen-bond acceptors (Lipinski definition) is 1. The van der Waals surface area contributed by atoms with Gasteiger partial charge in [-0.15, -0.1) is 0 Å². The number of hydrogen-bond donors (Lipinski definition) is 0. The summed E-state index contributed by atoms with van der Waals surface area (Å²) in [6.45, 7) is 0. The molecule has 1 rings (SSSR count). The Balaban J connectivity index is 3.43. The molecule has 0 saturated heterocycles. The van der Waals surface area contributed by atoms with E-state index in [1.807, 2.05) is 0 Å². The molecule has 0 radical (unpaired) electrons. The van der Waals surface area contributed by atoms with Crippen LogP contribution >= 0.6 is 23.2 Å². The van der Waals surface area contributed by atoms with E-state index in [-0.39, 0.29) is 6.07 Å². The number of halogens is 7. The largest absolute Gasteiger partial charge is 0.454 e. The number of ketones is 1.